The number of benzene rings is 1. The van der Waals surface area contributed by atoms with E-state index in [1.54, 1.807) is 6.92 Å². The van der Waals surface area contributed by atoms with E-state index in [9.17, 15) is 9.59 Å². The van der Waals surface area contributed by atoms with E-state index in [0.717, 1.165) is 44.1 Å². The van der Waals surface area contributed by atoms with E-state index in [-0.39, 0.29) is 18.5 Å². The first-order chi connectivity index (χ1) is 13.6. The Kier molecular flexibility index (Phi) is 7.09. The molecule has 1 amide bonds. The van der Waals surface area contributed by atoms with E-state index in [1.807, 2.05) is 24.3 Å². The van der Waals surface area contributed by atoms with Gasteiger partial charge in [-0.25, -0.2) is 4.79 Å². The number of esters is 1. The summed E-state index contributed by atoms with van der Waals surface area (Å²) in [4.78, 5) is 26.0. The van der Waals surface area contributed by atoms with Crippen LogP contribution in [0.15, 0.2) is 24.3 Å². The molecule has 0 saturated carbocycles. The zero-order valence-corrected chi connectivity index (χ0v) is 17.3. The first-order valence-corrected chi connectivity index (χ1v) is 10.8. The molecule has 1 N–H and O–H groups in total. The maximum atomic E-state index is 12.4. The highest BCUT2D eigenvalue weighted by Gasteiger charge is 2.27. The fourth-order valence-corrected chi connectivity index (χ4v) is 4.72. The van der Waals surface area contributed by atoms with E-state index in [0.29, 0.717) is 22.9 Å². The number of anilines is 1. The van der Waals surface area contributed by atoms with Gasteiger partial charge in [-0.15, -0.1) is 11.3 Å². The molecule has 0 unspecified atom stereocenters. The second-order valence-corrected chi connectivity index (χ2v) is 7.97. The van der Waals surface area contributed by atoms with Crippen LogP contribution in [-0.4, -0.2) is 25.1 Å². The zero-order valence-electron chi connectivity index (χ0n) is 16.5. The van der Waals surface area contributed by atoms with Crippen LogP contribution in [0.25, 0.3) is 0 Å². The normalized spacial score (nSPS) is 12.9. The van der Waals surface area contributed by atoms with Crippen molar-refractivity contribution in [1.82, 2.24) is 0 Å². The lowest BCUT2D eigenvalue weighted by molar-refractivity contribution is -0.118. The van der Waals surface area contributed by atoms with Gasteiger partial charge in [-0.2, -0.15) is 0 Å². The third-order valence-electron chi connectivity index (χ3n) is 4.74. The van der Waals surface area contributed by atoms with Crippen LogP contribution in [0.2, 0.25) is 0 Å². The smallest absolute Gasteiger partial charge is 0.341 e. The van der Waals surface area contributed by atoms with Crippen LogP contribution >= 0.6 is 11.3 Å². The summed E-state index contributed by atoms with van der Waals surface area (Å²) in [6.07, 6.45) is 6.09. The number of hydrogen-bond donors (Lipinski definition) is 1. The standard InChI is InChI=1S/C22H27NO4S/c1-3-7-15-10-12-16(13-11-15)27-14-19(24)23-21-20(22(25)26-4-2)17-8-5-6-9-18(17)28-21/h10-13H,3-9,14H2,1-2H3,(H,23,24). The van der Waals surface area contributed by atoms with Gasteiger partial charge in [0.15, 0.2) is 6.61 Å². The quantitative estimate of drug-likeness (QED) is 0.647. The summed E-state index contributed by atoms with van der Waals surface area (Å²) < 4.78 is 10.8. The monoisotopic (exact) mass is 401 g/mol. The Bertz CT molecular complexity index is 826. The van der Waals surface area contributed by atoms with E-state index in [2.05, 4.69) is 12.2 Å². The summed E-state index contributed by atoms with van der Waals surface area (Å²) in [5.41, 5.74) is 2.82. The molecule has 150 valence electrons. The summed E-state index contributed by atoms with van der Waals surface area (Å²) in [7, 11) is 0. The van der Waals surface area contributed by atoms with Crippen LogP contribution in [0.3, 0.4) is 0 Å². The Balaban J connectivity index is 1.66. The number of carbonyl (C=O) groups is 2. The average molecular weight is 402 g/mol. The number of hydrogen-bond acceptors (Lipinski definition) is 5. The number of thiophene rings is 1. The molecule has 0 spiro atoms. The number of fused-ring (bicyclic) bond motifs is 1. The molecule has 6 heteroatoms. The molecule has 1 heterocycles. The third kappa shape index (κ3) is 4.93. The predicted octanol–water partition coefficient (Wildman–Crippen LogP) is 4.77. The van der Waals surface area contributed by atoms with Crippen molar-refractivity contribution in [3.63, 3.8) is 0 Å². The molecule has 0 radical (unpaired) electrons. The SMILES string of the molecule is CCCc1ccc(OCC(=O)Nc2sc3c(c2C(=O)OCC)CCCC3)cc1. The van der Waals surface area contributed by atoms with Crippen molar-refractivity contribution in [3.8, 4) is 5.75 Å². The molecule has 2 aromatic rings. The van der Waals surface area contributed by atoms with Gasteiger partial charge in [-0.3, -0.25) is 4.79 Å². The molecule has 5 nitrogen and oxygen atoms in total. The van der Waals surface area contributed by atoms with E-state index in [1.165, 1.54) is 21.8 Å². The number of carbonyl (C=O) groups excluding carboxylic acids is 2. The molecule has 0 saturated heterocycles. The summed E-state index contributed by atoms with van der Waals surface area (Å²) in [6, 6.07) is 7.80. The molecule has 28 heavy (non-hydrogen) atoms. The van der Waals surface area contributed by atoms with Crippen molar-refractivity contribution < 1.29 is 19.1 Å². The first-order valence-electron chi connectivity index (χ1n) is 9.95. The minimum absolute atomic E-state index is 0.0992. The van der Waals surface area contributed by atoms with Crippen molar-refractivity contribution in [1.29, 1.82) is 0 Å². The average Bonchev–Trinajstić information content (AvgIpc) is 3.05. The Morgan fingerprint density at radius 3 is 2.57 bits per heavy atom. The topological polar surface area (TPSA) is 64.6 Å². The Morgan fingerprint density at radius 2 is 1.86 bits per heavy atom. The highest BCUT2D eigenvalue weighted by atomic mass is 32.1. The fourth-order valence-electron chi connectivity index (χ4n) is 3.43. The lowest BCUT2D eigenvalue weighted by atomic mass is 9.95. The minimum atomic E-state index is -0.357. The van der Waals surface area contributed by atoms with Crippen molar-refractivity contribution in [2.45, 2.75) is 52.4 Å². The van der Waals surface area contributed by atoms with Gasteiger partial charge in [0.2, 0.25) is 0 Å². The second kappa shape index (κ2) is 9.73. The first kappa shape index (κ1) is 20.4. The van der Waals surface area contributed by atoms with Gasteiger partial charge in [0.25, 0.3) is 5.91 Å². The van der Waals surface area contributed by atoms with Crippen LogP contribution in [0, 0.1) is 0 Å². The number of nitrogens with one attached hydrogen (secondary N) is 1. The van der Waals surface area contributed by atoms with Gasteiger partial charge in [-0.05, 0) is 62.3 Å². The van der Waals surface area contributed by atoms with Gasteiger partial charge >= 0.3 is 5.97 Å². The largest absolute Gasteiger partial charge is 0.484 e. The molecule has 0 aliphatic heterocycles. The maximum Gasteiger partial charge on any atom is 0.341 e. The molecule has 0 atom stereocenters. The van der Waals surface area contributed by atoms with Crippen molar-refractivity contribution in [3.05, 3.63) is 45.8 Å². The van der Waals surface area contributed by atoms with Gasteiger partial charge in [0, 0.05) is 4.88 Å². The van der Waals surface area contributed by atoms with Crippen molar-refractivity contribution >= 4 is 28.2 Å². The lowest BCUT2D eigenvalue weighted by Crippen LogP contribution is -2.21. The van der Waals surface area contributed by atoms with Crippen LogP contribution in [0.1, 0.15) is 59.5 Å². The van der Waals surface area contributed by atoms with E-state index in [4.69, 9.17) is 9.47 Å². The lowest BCUT2D eigenvalue weighted by Gasteiger charge is -2.12. The zero-order chi connectivity index (χ0) is 19.9. The molecule has 0 bridgehead atoms. The van der Waals surface area contributed by atoms with Crippen LogP contribution < -0.4 is 10.1 Å². The molecule has 1 aliphatic carbocycles. The van der Waals surface area contributed by atoms with Gasteiger partial charge in [0.1, 0.15) is 10.8 Å². The van der Waals surface area contributed by atoms with Crippen LogP contribution in [-0.2, 0) is 28.8 Å². The summed E-state index contributed by atoms with van der Waals surface area (Å²) >= 11 is 1.49. The number of rotatable bonds is 8. The predicted molar refractivity (Wildman–Crippen MR) is 111 cm³/mol. The van der Waals surface area contributed by atoms with E-state index < -0.39 is 0 Å². The summed E-state index contributed by atoms with van der Waals surface area (Å²) in [6.45, 7) is 4.14. The van der Waals surface area contributed by atoms with E-state index >= 15 is 0 Å². The summed E-state index contributed by atoms with van der Waals surface area (Å²) in [5.74, 6) is 0.0255. The second-order valence-electron chi connectivity index (χ2n) is 6.87. The Labute approximate surface area is 170 Å². The Morgan fingerprint density at radius 1 is 1.11 bits per heavy atom. The molecular weight excluding hydrogens is 374 g/mol. The number of ether oxygens (including phenoxy) is 2. The molecule has 0 fully saturated rings. The molecule has 1 aromatic heterocycles. The number of amides is 1. The molecular formula is C22H27NO4S. The highest BCUT2D eigenvalue weighted by Crippen LogP contribution is 2.38. The highest BCUT2D eigenvalue weighted by molar-refractivity contribution is 7.17. The fraction of sp³-hybridized carbons (Fsp3) is 0.455. The van der Waals surface area contributed by atoms with Crippen LogP contribution in [0.5, 0.6) is 5.75 Å². The van der Waals surface area contributed by atoms with Gasteiger partial charge in [0.05, 0.1) is 12.2 Å². The molecule has 3 rings (SSSR count). The molecule has 1 aromatic carbocycles. The van der Waals surface area contributed by atoms with Crippen molar-refractivity contribution in [2.24, 2.45) is 0 Å². The van der Waals surface area contributed by atoms with Crippen LogP contribution in [0.4, 0.5) is 5.00 Å². The van der Waals surface area contributed by atoms with Gasteiger partial charge < -0.3 is 14.8 Å². The minimum Gasteiger partial charge on any atom is -0.484 e. The van der Waals surface area contributed by atoms with Crippen molar-refractivity contribution in [2.75, 3.05) is 18.5 Å². The number of aryl methyl sites for hydroxylation is 2. The molecule has 1 aliphatic rings. The maximum absolute atomic E-state index is 12.4. The summed E-state index contributed by atoms with van der Waals surface area (Å²) in [5, 5.41) is 3.44. The third-order valence-corrected chi connectivity index (χ3v) is 5.94. The van der Waals surface area contributed by atoms with Gasteiger partial charge in [-0.1, -0.05) is 25.5 Å². The Hall–Kier alpha value is -2.34.